The standard InChI is InChI=1S/C23H22Cl2N4O3/c1-32-13-21(30)28-17-4-2-3-14(9-17)11-26-23(31)18-12-27-29(22(18)15-5-6-15)20-8-7-16(24)10-19(20)25/h2-4,7-10,12,15H,5-6,11,13H2,1H3,(H,26,31)(H,28,30). The Bertz CT molecular complexity index is 1160. The van der Waals surface area contributed by atoms with Gasteiger partial charge in [-0.05, 0) is 48.7 Å². The molecule has 4 rings (SSSR count). The van der Waals surface area contributed by atoms with E-state index in [0.29, 0.717) is 33.5 Å². The Balaban J connectivity index is 1.50. The first kappa shape index (κ1) is 22.3. The van der Waals surface area contributed by atoms with Crippen molar-refractivity contribution < 1.29 is 14.3 Å². The topological polar surface area (TPSA) is 85.2 Å². The molecule has 0 atom stereocenters. The average Bonchev–Trinajstić information content (AvgIpc) is 3.51. The monoisotopic (exact) mass is 472 g/mol. The Morgan fingerprint density at radius 1 is 1.19 bits per heavy atom. The second kappa shape index (κ2) is 9.73. The van der Waals surface area contributed by atoms with Crippen LogP contribution in [0.15, 0.2) is 48.7 Å². The molecule has 9 heteroatoms. The van der Waals surface area contributed by atoms with E-state index in [1.807, 2.05) is 18.2 Å². The van der Waals surface area contributed by atoms with Crippen LogP contribution in [-0.4, -0.2) is 35.3 Å². The molecule has 0 aliphatic heterocycles. The van der Waals surface area contributed by atoms with Crippen molar-refractivity contribution in [3.8, 4) is 5.69 Å². The van der Waals surface area contributed by atoms with Crippen LogP contribution in [0, 0.1) is 0 Å². The highest BCUT2D eigenvalue weighted by Gasteiger charge is 2.33. The highest BCUT2D eigenvalue weighted by Crippen LogP contribution is 2.43. The number of ether oxygens (including phenoxy) is 1. The first-order chi connectivity index (χ1) is 15.5. The van der Waals surface area contributed by atoms with Crippen LogP contribution in [0.25, 0.3) is 5.69 Å². The number of hydrogen-bond donors (Lipinski definition) is 2. The highest BCUT2D eigenvalue weighted by molar-refractivity contribution is 6.35. The van der Waals surface area contributed by atoms with Crippen molar-refractivity contribution in [2.24, 2.45) is 0 Å². The van der Waals surface area contributed by atoms with Gasteiger partial charge in [-0.25, -0.2) is 4.68 Å². The van der Waals surface area contributed by atoms with Gasteiger partial charge >= 0.3 is 0 Å². The van der Waals surface area contributed by atoms with E-state index < -0.39 is 0 Å². The van der Waals surface area contributed by atoms with Crippen LogP contribution in [0.2, 0.25) is 10.0 Å². The number of anilines is 1. The Kier molecular flexibility index (Phi) is 6.79. The van der Waals surface area contributed by atoms with Crippen LogP contribution in [-0.2, 0) is 16.1 Å². The molecular formula is C23H22Cl2N4O3. The van der Waals surface area contributed by atoms with Gasteiger partial charge < -0.3 is 15.4 Å². The van der Waals surface area contributed by atoms with Gasteiger partial charge in [0, 0.05) is 30.3 Å². The quantitative estimate of drug-likeness (QED) is 0.502. The zero-order valence-corrected chi connectivity index (χ0v) is 18.9. The summed E-state index contributed by atoms with van der Waals surface area (Å²) in [6.07, 6.45) is 3.58. The molecule has 3 aromatic rings. The SMILES string of the molecule is COCC(=O)Nc1cccc(CNC(=O)c2cnn(-c3ccc(Cl)cc3Cl)c2C2CC2)c1. The number of nitrogens with one attached hydrogen (secondary N) is 2. The number of methoxy groups -OCH3 is 1. The van der Waals surface area contributed by atoms with Gasteiger partial charge in [0.1, 0.15) is 6.61 Å². The Morgan fingerprint density at radius 3 is 2.72 bits per heavy atom. The second-order valence-corrected chi connectivity index (χ2v) is 8.43. The number of amides is 2. The van der Waals surface area contributed by atoms with Gasteiger partial charge in [-0.15, -0.1) is 0 Å². The minimum atomic E-state index is -0.240. The van der Waals surface area contributed by atoms with Gasteiger partial charge in [0.25, 0.3) is 5.91 Å². The maximum absolute atomic E-state index is 13.0. The molecule has 1 saturated carbocycles. The molecule has 7 nitrogen and oxygen atoms in total. The number of hydrogen-bond acceptors (Lipinski definition) is 4. The van der Waals surface area contributed by atoms with Crippen LogP contribution in [0.5, 0.6) is 0 Å². The fraction of sp³-hybridized carbons (Fsp3) is 0.261. The van der Waals surface area contributed by atoms with Gasteiger partial charge in [-0.1, -0.05) is 35.3 Å². The lowest BCUT2D eigenvalue weighted by atomic mass is 10.1. The summed E-state index contributed by atoms with van der Waals surface area (Å²) in [5, 5.41) is 11.2. The molecule has 2 N–H and O–H groups in total. The van der Waals surface area contributed by atoms with Crippen LogP contribution in [0.4, 0.5) is 5.69 Å². The van der Waals surface area contributed by atoms with Crippen molar-refractivity contribution in [1.29, 1.82) is 0 Å². The number of carbonyl (C=O) groups is 2. The molecule has 0 saturated heterocycles. The maximum atomic E-state index is 13.0. The molecule has 1 aliphatic carbocycles. The Labute approximate surface area is 195 Å². The molecule has 0 radical (unpaired) electrons. The lowest BCUT2D eigenvalue weighted by molar-refractivity contribution is -0.119. The van der Waals surface area contributed by atoms with E-state index in [2.05, 4.69) is 15.7 Å². The summed E-state index contributed by atoms with van der Waals surface area (Å²) in [5.74, 6) is -0.183. The van der Waals surface area contributed by atoms with Gasteiger partial charge in [-0.3, -0.25) is 9.59 Å². The maximum Gasteiger partial charge on any atom is 0.255 e. The van der Waals surface area contributed by atoms with E-state index in [-0.39, 0.29) is 24.3 Å². The third kappa shape index (κ3) is 5.12. The summed E-state index contributed by atoms with van der Waals surface area (Å²) >= 11 is 12.4. The van der Waals surface area contributed by atoms with Crippen molar-refractivity contribution in [3.63, 3.8) is 0 Å². The fourth-order valence-corrected chi connectivity index (χ4v) is 3.98. The van der Waals surface area contributed by atoms with E-state index in [9.17, 15) is 9.59 Å². The smallest absolute Gasteiger partial charge is 0.255 e. The minimum absolute atomic E-state index is 0.0213. The van der Waals surface area contributed by atoms with Gasteiger partial charge in [0.2, 0.25) is 5.91 Å². The molecule has 0 unspecified atom stereocenters. The van der Waals surface area contributed by atoms with Gasteiger partial charge in [-0.2, -0.15) is 5.10 Å². The second-order valence-electron chi connectivity index (χ2n) is 7.59. The van der Waals surface area contributed by atoms with Gasteiger partial charge in [0.05, 0.1) is 28.2 Å². The summed E-state index contributed by atoms with van der Waals surface area (Å²) in [4.78, 5) is 24.7. The minimum Gasteiger partial charge on any atom is -0.375 e. The van der Waals surface area contributed by atoms with E-state index in [1.54, 1.807) is 35.1 Å². The summed E-state index contributed by atoms with van der Waals surface area (Å²) in [5.41, 5.74) is 3.57. The van der Waals surface area contributed by atoms with Crippen LogP contribution in [0.3, 0.4) is 0 Å². The first-order valence-electron chi connectivity index (χ1n) is 10.2. The van der Waals surface area contributed by atoms with Crippen LogP contribution < -0.4 is 10.6 Å². The van der Waals surface area contributed by atoms with Crippen molar-refractivity contribution in [1.82, 2.24) is 15.1 Å². The molecule has 2 aromatic carbocycles. The molecule has 32 heavy (non-hydrogen) atoms. The molecule has 1 aliphatic rings. The van der Waals surface area contributed by atoms with Crippen LogP contribution in [0.1, 0.15) is 40.4 Å². The third-order valence-electron chi connectivity index (χ3n) is 5.09. The van der Waals surface area contributed by atoms with Crippen molar-refractivity contribution >= 4 is 40.7 Å². The molecule has 166 valence electrons. The number of nitrogens with zero attached hydrogens (tertiary/aromatic N) is 2. The van der Waals surface area contributed by atoms with Gasteiger partial charge in [0.15, 0.2) is 0 Å². The van der Waals surface area contributed by atoms with Crippen LogP contribution >= 0.6 is 23.2 Å². The molecular weight excluding hydrogens is 451 g/mol. The fourth-order valence-electron chi connectivity index (χ4n) is 3.49. The Morgan fingerprint density at radius 2 is 2.00 bits per heavy atom. The number of carbonyl (C=O) groups excluding carboxylic acids is 2. The molecule has 1 fully saturated rings. The zero-order chi connectivity index (χ0) is 22.7. The normalized spacial score (nSPS) is 13.1. The largest absolute Gasteiger partial charge is 0.375 e. The van der Waals surface area contributed by atoms with Crippen molar-refractivity contribution in [2.75, 3.05) is 19.0 Å². The summed E-state index contributed by atoms with van der Waals surface area (Å²) in [7, 11) is 1.46. The molecule has 1 heterocycles. The summed E-state index contributed by atoms with van der Waals surface area (Å²) in [6, 6.07) is 12.5. The first-order valence-corrected chi connectivity index (χ1v) is 10.9. The predicted molar refractivity (Wildman–Crippen MR) is 124 cm³/mol. The van der Waals surface area contributed by atoms with E-state index in [0.717, 1.165) is 24.1 Å². The molecule has 0 spiro atoms. The zero-order valence-electron chi connectivity index (χ0n) is 17.4. The lowest BCUT2D eigenvalue weighted by Crippen LogP contribution is -2.24. The summed E-state index contributed by atoms with van der Waals surface area (Å²) in [6.45, 7) is 0.288. The highest BCUT2D eigenvalue weighted by atomic mass is 35.5. The number of aromatic nitrogens is 2. The van der Waals surface area contributed by atoms with E-state index in [1.165, 1.54) is 7.11 Å². The third-order valence-corrected chi connectivity index (χ3v) is 5.63. The van der Waals surface area contributed by atoms with Crippen molar-refractivity contribution in [2.45, 2.75) is 25.3 Å². The average molecular weight is 473 g/mol. The van der Waals surface area contributed by atoms with Crippen molar-refractivity contribution in [3.05, 3.63) is 75.5 Å². The number of halogens is 2. The Hall–Kier alpha value is -2.87. The summed E-state index contributed by atoms with van der Waals surface area (Å²) < 4.78 is 6.56. The predicted octanol–water partition coefficient (Wildman–Crippen LogP) is 4.57. The van der Waals surface area contributed by atoms with E-state index in [4.69, 9.17) is 27.9 Å². The van der Waals surface area contributed by atoms with E-state index >= 15 is 0 Å². The molecule has 1 aromatic heterocycles. The lowest BCUT2D eigenvalue weighted by Gasteiger charge is -2.11. The number of benzene rings is 2. The molecule has 0 bridgehead atoms. The molecule has 2 amide bonds. The number of rotatable bonds is 8.